The average Bonchev–Trinajstić information content (AvgIpc) is 2.38. The maximum Gasteiger partial charge on any atom is 0.172 e. The quantitative estimate of drug-likeness (QED) is 0.758. The van der Waals surface area contributed by atoms with Crippen LogP contribution in [-0.4, -0.2) is 5.78 Å². The highest BCUT2D eigenvalue weighted by Crippen LogP contribution is 2.28. The molecule has 0 fully saturated rings. The lowest BCUT2D eigenvalue weighted by molar-refractivity contribution is 0.0908. The highest BCUT2D eigenvalue weighted by atomic mass is 19.1. The van der Waals surface area contributed by atoms with E-state index < -0.39 is 11.2 Å². The molecule has 0 saturated heterocycles. The molecule has 0 atom stereocenters. The molecule has 0 aliphatic rings. The van der Waals surface area contributed by atoms with Gasteiger partial charge in [0.1, 0.15) is 11.6 Å². The van der Waals surface area contributed by atoms with Crippen molar-refractivity contribution in [2.24, 2.45) is 0 Å². The van der Waals surface area contributed by atoms with Crippen LogP contribution in [0.1, 0.15) is 29.8 Å². The van der Waals surface area contributed by atoms with Gasteiger partial charge in [-0.3, -0.25) is 4.79 Å². The van der Waals surface area contributed by atoms with Gasteiger partial charge in [0.05, 0.1) is 5.41 Å². The van der Waals surface area contributed by atoms with Gasteiger partial charge >= 0.3 is 0 Å². The highest BCUT2D eigenvalue weighted by Gasteiger charge is 2.30. The standard InChI is InChI=1S/C16H14F2O/c1-16(2,12-6-8-13(17)9-7-12)15(19)11-4-3-5-14(18)10-11/h3-10H,1-2H3. The summed E-state index contributed by atoms with van der Waals surface area (Å²) in [4.78, 5) is 12.4. The zero-order chi connectivity index (χ0) is 14.0. The van der Waals surface area contributed by atoms with Gasteiger partial charge in [0.25, 0.3) is 0 Å². The number of benzene rings is 2. The molecule has 0 saturated carbocycles. The van der Waals surface area contributed by atoms with E-state index in [0.717, 1.165) is 0 Å². The van der Waals surface area contributed by atoms with Gasteiger partial charge in [0, 0.05) is 5.56 Å². The molecule has 0 aromatic heterocycles. The molecular formula is C16H14F2O. The van der Waals surface area contributed by atoms with Gasteiger partial charge in [-0.05, 0) is 43.7 Å². The third-order valence-corrected chi connectivity index (χ3v) is 3.22. The predicted molar refractivity (Wildman–Crippen MR) is 70.2 cm³/mol. The summed E-state index contributed by atoms with van der Waals surface area (Å²) in [6.45, 7) is 3.49. The number of carbonyl (C=O) groups excluding carboxylic acids is 1. The van der Waals surface area contributed by atoms with Gasteiger partial charge < -0.3 is 0 Å². The summed E-state index contributed by atoms with van der Waals surface area (Å²) < 4.78 is 26.1. The Kier molecular flexibility index (Phi) is 3.47. The Hall–Kier alpha value is -2.03. The van der Waals surface area contributed by atoms with Gasteiger partial charge in [-0.1, -0.05) is 24.3 Å². The molecule has 0 radical (unpaired) electrons. The lowest BCUT2D eigenvalue weighted by Gasteiger charge is -2.23. The summed E-state index contributed by atoms with van der Waals surface area (Å²) in [6, 6.07) is 11.4. The van der Waals surface area contributed by atoms with Crippen LogP contribution in [0.25, 0.3) is 0 Å². The van der Waals surface area contributed by atoms with Crippen molar-refractivity contribution >= 4 is 5.78 Å². The van der Waals surface area contributed by atoms with Gasteiger partial charge in [-0.15, -0.1) is 0 Å². The second-order valence-electron chi connectivity index (χ2n) is 4.97. The number of Topliss-reactive ketones (excluding diaryl/α,β-unsaturated/α-hetero) is 1. The SMILES string of the molecule is CC(C)(C(=O)c1cccc(F)c1)c1ccc(F)cc1. The van der Waals surface area contributed by atoms with Crippen molar-refractivity contribution in [1.82, 2.24) is 0 Å². The minimum absolute atomic E-state index is 0.196. The number of carbonyl (C=O) groups is 1. The first kappa shape index (κ1) is 13.4. The third kappa shape index (κ3) is 2.70. The van der Waals surface area contributed by atoms with Crippen molar-refractivity contribution in [2.45, 2.75) is 19.3 Å². The minimum atomic E-state index is -0.832. The Labute approximate surface area is 110 Å². The number of halogens is 2. The van der Waals surface area contributed by atoms with Crippen LogP contribution in [0, 0.1) is 11.6 Å². The van der Waals surface area contributed by atoms with Gasteiger partial charge in [0.15, 0.2) is 5.78 Å². The van der Waals surface area contributed by atoms with Crippen LogP contribution in [0.3, 0.4) is 0 Å². The molecule has 0 aliphatic carbocycles. The molecule has 2 rings (SSSR count). The van der Waals surface area contributed by atoms with E-state index in [0.29, 0.717) is 11.1 Å². The largest absolute Gasteiger partial charge is 0.293 e. The van der Waals surface area contributed by atoms with Crippen LogP contribution in [-0.2, 0) is 5.41 Å². The smallest absolute Gasteiger partial charge is 0.172 e. The Morgan fingerprint density at radius 1 is 0.947 bits per heavy atom. The lowest BCUT2D eigenvalue weighted by Crippen LogP contribution is -2.29. The fourth-order valence-corrected chi connectivity index (χ4v) is 1.99. The number of rotatable bonds is 3. The summed E-state index contributed by atoms with van der Waals surface area (Å²) in [5, 5.41) is 0. The Morgan fingerprint density at radius 3 is 2.16 bits per heavy atom. The summed E-state index contributed by atoms with van der Waals surface area (Å²) in [6.07, 6.45) is 0. The van der Waals surface area contributed by atoms with Crippen molar-refractivity contribution in [1.29, 1.82) is 0 Å². The van der Waals surface area contributed by atoms with Crippen molar-refractivity contribution in [3.8, 4) is 0 Å². The van der Waals surface area contributed by atoms with E-state index in [1.165, 1.54) is 30.3 Å². The van der Waals surface area contributed by atoms with Crippen molar-refractivity contribution in [3.63, 3.8) is 0 Å². The van der Waals surface area contributed by atoms with Crippen LogP contribution < -0.4 is 0 Å². The first-order chi connectivity index (χ1) is 8.91. The molecule has 0 N–H and O–H groups in total. The maximum absolute atomic E-state index is 13.2. The average molecular weight is 260 g/mol. The Morgan fingerprint density at radius 2 is 1.58 bits per heavy atom. The number of ketones is 1. The molecule has 2 aromatic rings. The second-order valence-corrected chi connectivity index (χ2v) is 4.97. The van der Waals surface area contributed by atoms with Crippen LogP contribution in [0.4, 0.5) is 8.78 Å². The molecule has 98 valence electrons. The highest BCUT2D eigenvalue weighted by molar-refractivity contribution is 6.03. The number of hydrogen-bond acceptors (Lipinski definition) is 1. The maximum atomic E-state index is 13.2. The fraction of sp³-hybridized carbons (Fsp3) is 0.188. The summed E-state index contributed by atoms with van der Waals surface area (Å²) >= 11 is 0. The van der Waals surface area contributed by atoms with Crippen LogP contribution in [0.15, 0.2) is 48.5 Å². The molecule has 19 heavy (non-hydrogen) atoms. The van der Waals surface area contributed by atoms with Gasteiger partial charge in [-0.2, -0.15) is 0 Å². The van der Waals surface area contributed by atoms with Gasteiger partial charge in [-0.25, -0.2) is 8.78 Å². The summed E-state index contributed by atoms with van der Waals surface area (Å²) in [7, 11) is 0. The topological polar surface area (TPSA) is 17.1 Å². The van der Waals surface area contributed by atoms with E-state index in [1.807, 2.05) is 0 Å². The lowest BCUT2D eigenvalue weighted by atomic mass is 9.78. The van der Waals surface area contributed by atoms with E-state index >= 15 is 0 Å². The number of hydrogen-bond donors (Lipinski definition) is 0. The molecule has 1 nitrogen and oxygen atoms in total. The Balaban J connectivity index is 2.38. The van der Waals surface area contributed by atoms with Crippen LogP contribution >= 0.6 is 0 Å². The zero-order valence-electron chi connectivity index (χ0n) is 10.8. The Bertz CT molecular complexity index is 600. The van der Waals surface area contributed by atoms with Crippen molar-refractivity contribution in [3.05, 3.63) is 71.3 Å². The predicted octanol–water partition coefficient (Wildman–Crippen LogP) is 4.13. The van der Waals surface area contributed by atoms with Crippen molar-refractivity contribution < 1.29 is 13.6 Å². The van der Waals surface area contributed by atoms with Crippen LogP contribution in [0.2, 0.25) is 0 Å². The molecular weight excluding hydrogens is 246 g/mol. The van der Waals surface area contributed by atoms with Gasteiger partial charge in [0.2, 0.25) is 0 Å². The fourth-order valence-electron chi connectivity index (χ4n) is 1.99. The minimum Gasteiger partial charge on any atom is -0.293 e. The first-order valence-electron chi connectivity index (χ1n) is 5.97. The molecule has 0 bridgehead atoms. The molecule has 0 aliphatic heterocycles. The second kappa shape index (κ2) is 4.92. The van der Waals surface area contributed by atoms with Crippen LogP contribution in [0.5, 0.6) is 0 Å². The molecule has 0 amide bonds. The molecule has 3 heteroatoms. The summed E-state index contributed by atoms with van der Waals surface area (Å²) in [5.41, 5.74) is 0.180. The molecule has 0 spiro atoms. The van der Waals surface area contributed by atoms with E-state index in [9.17, 15) is 13.6 Å². The van der Waals surface area contributed by atoms with E-state index in [-0.39, 0.29) is 11.6 Å². The van der Waals surface area contributed by atoms with E-state index in [4.69, 9.17) is 0 Å². The molecule has 0 unspecified atom stereocenters. The molecule has 2 aromatic carbocycles. The van der Waals surface area contributed by atoms with Crippen molar-refractivity contribution in [2.75, 3.05) is 0 Å². The molecule has 0 heterocycles. The van der Waals surface area contributed by atoms with E-state index in [1.54, 1.807) is 32.0 Å². The van der Waals surface area contributed by atoms with E-state index in [2.05, 4.69) is 0 Å². The monoisotopic (exact) mass is 260 g/mol. The first-order valence-corrected chi connectivity index (χ1v) is 5.97. The zero-order valence-corrected chi connectivity index (χ0v) is 10.8. The third-order valence-electron chi connectivity index (χ3n) is 3.22. The normalized spacial score (nSPS) is 11.4. The summed E-state index contributed by atoms with van der Waals surface area (Å²) in [5.74, 6) is -0.989.